The SMILES string of the molecule is CNC(=O)[C@H](Cc1ccccc1)NP(=O)(O)OC[C@H]1O[C@@H](n2cnc3c(N)nccc32)[C@H](O)[C@@H]1O. The average molecular weight is 506 g/mol. The normalized spacial score (nSPS) is 24.8. The number of aromatic nitrogens is 3. The lowest BCUT2D eigenvalue weighted by Gasteiger charge is -2.22. The van der Waals surface area contributed by atoms with Gasteiger partial charge in [0.15, 0.2) is 12.0 Å². The van der Waals surface area contributed by atoms with Gasteiger partial charge in [0.2, 0.25) is 5.91 Å². The van der Waals surface area contributed by atoms with E-state index in [2.05, 4.69) is 20.4 Å². The van der Waals surface area contributed by atoms with Crippen molar-refractivity contribution in [3.05, 3.63) is 54.5 Å². The first-order chi connectivity index (χ1) is 16.7. The summed E-state index contributed by atoms with van der Waals surface area (Å²) in [6.45, 7) is -0.530. The van der Waals surface area contributed by atoms with Gasteiger partial charge >= 0.3 is 7.75 Å². The Hall–Kier alpha value is -2.90. The fraction of sp³-hybridized carbons (Fsp3) is 0.381. The smallest absolute Gasteiger partial charge is 0.387 e. The molecule has 1 amide bonds. The fourth-order valence-corrected chi connectivity index (χ4v) is 4.94. The number of carbonyl (C=O) groups excluding carboxylic acids is 1. The number of imidazole rings is 1. The second-order valence-corrected chi connectivity index (χ2v) is 9.62. The number of hydrogen-bond acceptors (Lipinski definition) is 9. The number of aliphatic hydroxyl groups is 2. The van der Waals surface area contributed by atoms with Crippen LogP contribution in [-0.4, -0.2) is 73.6 Å². The molecule has 0 aliphatic carbocycles. The molecule has 0 saturated carbocycles. The predicted octanol–water partition coefficient (Wildman–Crippen LogP) is -0.303. The zero-order valence-corrected chi connectivity index (χ0v) is 19.7. The summed E-state index contributed by atoms with van der Waals surface area (Å²) in [6.07, 6.45) is -1.98. The van der Waals surface area contributed by atoms with Crippen molar-refractivity contribution in [2.24, 2.45) is 0 Å². The van der Waals surface area contributed by atoms with Crippen molar-refractivity contribution in [1.82, 2.24) is 24.9 Å². The summed E-state index contributed by atoms with van der Waals surface area (Å²) in [6, 6.07) is 9.55. The average Bonchev–Trinajstić information content (AvgIpc) is 3.39. The number of hydrogen-bond donors (Lipinski definition) is 6. The Bertz CT molecular complexity index is 1230. The lowest BCUT2D eigenvalue weighted by Crippen LogP contribution is -2.43. The van der Waals surface area contributed by atoms with Crippen molar-refractivity contribution in [1.29, 1.82) is 0 Å². The molecular formula is C21H27N6O7P. The largest absolute Gasteiger partial charge is 0.403 e. The molecule has 1 saturated heterocycles. The number of nitrogens with two attached hydrogens (primary N) is 1. The van der Waals surface area contributed by atoms with E-state index in [9.17, 15) is 24.5 Å². The van der Waals surface area contributed by atoms with Gasteiger partial charge in [-0.3, -0.25) is 9.32 Å². The number of anilines is 1. The van der Waals surface area contributed by atoms with E-state index in [1.165, 1.54) is 24.1 Å². The summed E-state index contributed by atoms with van der Waals surface area (Å²) in [7, 11) is -3.09. The molecule has 1 aliphatic heterocycles. The number of rotatable bonds is 9. The molecule has 4 rings (SSSR count). The molecule has 188 valence electrons. The van der Waals surface area contributed by atoms with E-state index in [-0.39, 0.29) is 12.2 Å². The maximum absolute atomic E-state index is 12.7. The molecule has 3 aromatic rings. The number of nitrogens with one attached hydrogen (secondary N) is 2. The minimum absolute atomic E-state index is 0.142. The highest BCUT2D eigenvalue weighted by Crippen LogP contribution is 2.40. The molecule has 3 heterocycles. The van der Waals surface area contributed by atoms with E-state index in [0.717, 1.165) is 5.56 Å². The highest BCUT2D eigenvalue weighted by Gasteiger charge is 2.45. The first-order valence-corrected chi connectivity index (χ1v) is 12.4. The summed E-state index contributed by atoms with van der Waals surface area (Å²) in [5.41, 5.74) is 7.52. The van der Waals surface area contributed by atoms with Gasteiger partial charge in [0.05, 0.1) is 18.5 Å². The van der Waals surface area contributed by atoms with Crippen molar-refractivity contribution < 1.29 is 33.7 Å². The van der Waals surface area contributed by atoms with Gasteiger partial charge in [0.1, 0.15) is 29.9 Å². The first-order valence-electron chi connectivity index (χ1n) is 10.8. The standard InChI is InChI=1S/C21H27N6O7P/c1-23-20(30)13(9-12-5-3-2-4-6-12)26-35(31,32)33-10-15-17(28)18(29)21(34-15)27-11-25-16-14(27)7-8-24-19(16)22/h2-8,11,13,15,17-18,21,28-29H,9-10H2,1H3,(H2,22,24)(H,23,30)(H2,26,31,32)/t13-,15+,17+,18+,21+/m0/s1. The quantitative estimate of drug-likeness (QED) is 0.209. The van der Waals surface area contributed by atoms with Crippen LogP contribution in [0.15, 0.2) is 48.9 Å². The lowest BCUT2D eigenvalue weighted by atomic mass is 10.1. The number of amides is 1. The Morgan fingerprint density at radius 1 is 1.26 bits per heavy atom. The number of nitrogen functional groups attached to an aromatic ring is 1. The highest BCUT2D eigenvalue weighted by atomic mass is 31.2. The molecule has 1 fully saturated rings. The van der Waals surface area contributed by atoms with E-state index < -0.39 is 50.8 Å². The van der Waals surface area contributed by atoms with Crippen LogP contribution in [-0.2, 0) is 25.0 Å². The molecule has 0 spiro atoms. The van der Waals surface area contributed by atoms with E-state index in [4.69, 9.17) is 15.0 Å². The van der Waals surface area contributed by atoms with Gasteiger partial charge in [-0.2, -0.15) is 0 Å². The van der Waals surface area contributed by atoms with Crippen LogP contribution in [0.1, 0.15) is 11.8 Å². The Balaban J connectivity index is 1.42. The molecule has 1 unspecified atom stereocenters. The number of nitrogens with zero attached hydrogens (tertiary/aromatic N) is 3. The molecule has 13 nitrogen and oxygen atoms in total. The minimum atomic E-state index is -4.50. The zero-order chi connectivity index (χ0) is 25.2. The van der Waals surface area contributed by atoms with Crippen molar-refractivity contribution in [3.8, 4) is 0 Å². The van der Waals surface area contributed by atoms with Crippen LogP contribution in [0, 0.1) is 0 Å². The molecule has 6 atom stereocenters. The molecule has 1 aliphatic rings. The summed E-state index contributed by atoms with van der Waals surface area (Å²) >= 11 is 0. The van der Waals surface area contributed by atoms with Crippen LogP contribution in [0.25, 0.3) is 11.0 Å². The summed E-state index contributed by atoms with van der Waals surface area (Å²) in [5, 5.41) is 25.8. The van der Waals surface area contributed by atoms with Crippen LogP contribution >= 0.6 is 7.75 Å². The number of carbonyl (C=O) groups is 1. The lowest BCUT2D eigenvalue weighted by molar-refractivity contribution is -0.122. The first kappa shape index (κ1) is 25.2. The third-order valence-corrected chi connectivity index (χ3v) is 6.85. The molecule has 7 N–H and O–H groups in total. The second-order valence-electron chi connectivity index (χ2n) is 8.06. The van der Waals surface area contributed by atoms with Crippen LogP contribution in [0.4, 0.5) is 5.82 Å². The molecule has 14 heteroatoms. The topological polar surface area (TPSA) is 194 Å². The zero-order valence-electron chi connectivity index (χ0n) is 18.8. The van der Waals surface area contributed by atoms with Gasteiger partial charge in [-0.1, -0.05) is 30.3 Å². The van der Waals surface area contributed by atoms with Crippen LogP contribution in [0.3, 0.4) is 0 Å². The van der Waals surface area contributed by atoms with Crippen molar-refractivity contribution in [2.75, 3.05) is 19.4 Å². The van der Waals surface area contributed by atoms with Gasteiger partial charge in [-0.25, -0.2) is 19.6 Å². The van der Waals surface area contributed by atoms with Gasteiger partial charge in [-0.15, -0.1) is 0 Å². The maximum atomic E-state index is 12.7. The summed E-state index contributed by atoms with van der Waals surface area (Å²) < 4.78 is 25.1. The number of ether oxygens (including phenoxy) is 1. The molecule has 2 aromatic heterocycles. The predicted molar refractivity (Wildman–Crippen MR) is 125 cm³/mol. The number of benzene rings is 1. The van der Waals surface area contributed by atoms with Crippen LogP contribution in [0.2, 0.25) is 0 Å². The minimum Gasteiger partial charge on any atom is -0.387 e. The van der Waals surface area contributed by atoms with Crippen LogP contribution in [0.5, 0.6) is 0 Å². The Morgan fingerprint density at radius 3 is 2.71 bits per heavy atom. The van der Waals surface area contributed by atoms with E-state index in [1.807, 2.05) is 6.07 Å². The van der Waals surface area contributed by atoms with Gasteiger partial charge in [-0.05, 0) is 18.1 Å². The molecule has 1 aromatic carbocycles. The van der Waals surface area contributed by atoms with Gasteiger partial charge < -0.3 is 35.5 Å². The second kappa shape index (κ2) is 10.4. The molecule has 0 radical (unpaired) electrons. The van der Waals surface area contributed by atoms with Gasteiger partial charge in [0, 0.05) is 13.2 Å². The molecule has 0 bridgehead atoms. The third-order valence-electron chi connectivity index (χ3n) is 5.71. The Morgan fingerprint density at radius 2 is 2.00 bits per heavy atom. The Labute approximate surface area is 200 Å². The van der Waals surface area contributed by atoms with Crippen molar-refractivity contribution in [3.63, 3.8) is 0 Å². The third kappa shape index (κ3) is 5.52. The molecular weight excluding hydrogens is 479 g/mol. The monoisotopic (exact) mass is 506 g/mol. The Kier molecular flexibility index (Phi) is 7.47. The van der Waals surface area contributed by atoms with E-state index in [1.54, 1.807) is 30.3 Å². The van der Waals surface area contributed by atoms with Crippen molar-refractivity contribution >= 4 is 30.5 Å². The van der Waals surface area contributed by atoms with E-state index in [0.29, 0.717) is 11.0 Å². The number of fused-ring (bicyclic) bond motifs is 1. The van der Waals surface area contributed by atoms with Crippen LogP contribution < -0.4 is 16.1 Å². The summed E-state index contributed by atoms with van der Waals surface area (Å²) in [4.78, 5) is 30.7. The van der Waals surface area contributed by atoms with Crippen molar-refractivity contribution in [2.45, 2.75) is 37.0 Å². The number of pyridine rings is 1. The van der Waals surface area contributed by atoms with Gasteiger partial charge in [0.25, 0.3) is 0 Å². The number of aliphatic hydroxyl groups excluding tert-OH is 2. The highest BCUT2D eigenvalue weighted by molar-refractivity contribution is 7.50. The maximum Gasteiger partial charge on any atom is 0.403 e. The summed E-state index contributed by atoms with van der Waals surface area (Å²) in [5.74, 6) is -0.303. The molecule has 35 heavy (non-hydrogen) atoms. The number of likely N-dealkylation sites (N-methyl/N-ethyl adjacent to an activating group) is 1. The fourth-order valence-electron chi connectivity index (χ4n) is 3.91. The van der Waals surface area contributed by atoms with E-state index >= 15 is 0 Å².